The number of rotatable bonds is 12. The lowest BCUT2D eigenvalue weighted by Gasteiger charge is -2.28. The van der Waals surface area contributed by atoms with E-state index in [0.29, 0.717) is 24.2 Å². The third kappa shape index (κ3) is 6.88. The first-order valence-corrected chi connectivity index (χ1v) is 11.2. The normalized spacial score (nSPS) is 17.7. The summed E-state index contributed by atoms with van der Waals surface area (Å²) in [5, 5.41) is 23.4. The average molecular weight is 505 g/mol. The quantitative estimate of drug-likeness (QED) is 0.164. The molecular weight excluding hydrogens is 476 g/mol. The molecule has 0 spiro atoms. The van der Waals surface area contributed by atoms with Crippen LogP contribution in [0.4, 0.5) is 0 Å². The lowest BCUT2D eigenvalue weighted by atomic mass is 10.1. The number of carboxylic acids is 2. The third-order valence-electron chi connectivity index (χ3n) is 5.76. The molecule has 3 rings (SSSR count). The SMILES string of the molecule is NC(CC(=O)O)C(=O)NC(Cc1cnc[nH]1)C(=O)NC(Cc1cnc[nH]1)C(=O)N1CCCC1C(=O)O. The number of nitrogens with one attached hydrogen (secondary N) is 4. The Labute approximate surface area is 204 Å². The lowest BCUT2D eigenvalue weighted by Crippen LogP contribution is -2.58. The highest BCUT2D eigenvalue weighted by molar-refractivity contribution is 5.95. The molecule has 1 saturated heterocycles. The highest BCUT2D eigenvalue weighted by Gasteiger charge is 2.38. The first-order chi connectivity index (χ1) is 17.2. The van der Waals surface area contributed by atoms with E-state index in [1.807, 2.05) is 0 Å². The summed E-state index contributed by atoms with van der Waals surface area (Å²) >= 11 is 0. The molecular formula is C21H28N8O7. The van der Waals surface area contributed by atoms with Crippen molar-refractivity contribution >= 4 is 29.7 Å². The summed E-state index contributed by atoms with van der Waals surface area (Å²) in [6.45, 7) is 0.226. The van der Waals surface area contributed by atoms with Gasteiger partial charge >= 0.3 is 11.9 Å². The number of amides is 3. The van der Waals surface area contributed by atoms with Crippen LogP contribution >= 0.6 is 0 Å². The number of aromatic amines is 2. The molecule has 36 heavy (non-hydrogen) atoms. The van der Waals surface area contributed by atoms with Crippen molar-refractivity contribution in [1.29, 1.82) is 0 Å². The Kier molecular flexibility index (Phi) is 8.72. The molecule has 1 fully saturated rings. The minimum Gasteiger partial charge on any atom is -0.481 e. The van der Waals surface area contributed by atoms with E-state index in [1.54, 1.807) is 0 Å². The maximum atomic E-state index is 13.3. The predicted molar refractivity (Wildman–Crippen MR) is 121 cm³/mol. The molecule has 2 aromatic rings. The standard InChI is InChI=1S/C21H28N8O7/c22-13(6-17(30)31)18(32)27-14(4-11-7-23-9-25-11)19(33)28-15(5-12-8-24-10-26-12)20(34)29-3-1-2-16(29)21(35)36/h7-10,13-16H,1-6,22H2,(H,23,25)(H,24,26)(H,27,32)(H,28,33)(H,30,31)(H,35,36). The van der Waals surface area contributed by atoms with E-state index >= 15 is 0 Å². The zero-order valence-electron chi connectivity index (χ0n) is 19.2. The van der Waals surface area contributed by atoms with Crippen LogP contribution in [-0.2, 0) is 36.8 Å². The molecule has 3 heterocycles. The predicted octanol–water partition coefficient (Wildman–Crippen LogP) is -2.23. The van der Waals surface area contributed by atoms with Crippen LogP contribution < -0.4 is 16.4 Å². The number of imidazole rings is 2. The molecule has 4 atom stereocenters. The molecule has 2 aromatic heterocycles. The van der Waals surface area contributed by atoms with Gasteiger partial charge in [-0.15, -0.1) is 0 Å². The zero-order chi connectivity index (χ0) is 26.2. The minimum atomic E-state index is -1.40. The van der Waals surface area contributed by atoms with Gasteiger partial charge in [0.25, 0.3) is 0 Å². The first-order valence-electron chi connectivity index (χ1n) is 11.2. The molecule has 194 valence electrons. The van der Waals surface area contributed by atoms with E-state index in [4.69, 9.17) is 10.8 Å². The molecule has 0 aromatic carbocycles. The van der Waals surface area contributed by atoms with Crippen LogP contribution in [-0.4, -0.2) is 95.4 Å². The van der Waals surface area contributed by atoms with E-state index < -0.39 is 60.2 Å². The molecule has 1 aliphatic rings. The van der Waals surface area contributed by atoms with Gasteiger partial charge in [0, 0.05) is 43.2 Å². The van der Waals surface area contributed by atoms with Gasteiger partial charge in [0.05, 0.1) is 25.1 Å². The van der Waals surface area contributed by atoms with Crippen LogP contribution in [0.5, 0.6) is 0 Å². The Morgan fingerprint density at radius 2 is 1.58 bits per heavy atom. The van der Waals surface area contributed by atoms with Crippen LogP contribution in [0.15, 0.2) is 25.0 Å². The molecule has 0 bridgehead atoms. The summed E-state index contributed by atoms with van der Waals surface area (Å²) < 4.78 is 0. The van der Waals surface area contributed by atoms with Crippen molar-refractivity contribution in [3.63, 3.8) is 0 Å². The number of aromatic nitrogens is 4. The average Bonchev–Trinajstić information content (AvgIpc) is 3.59. The van der Waals surface area contributed by atoms with Gasteiger partial charge in [0.2, 0.25) is 17.7 Å². The van der Waals surface area contributed by atoms with Crippen molar-refractivity contribution in [3.05, 3.63) is 36.4 Å². The Balaban J connectivity index is 1.80. The number of carbonyl (C=O) groups is 5. The van der Waals surface area contributed by atoms with Gasteiger partial charge in [-0.05, 0) is 12.8 Å². The summed E-state index contributed by atoms with van der Waals surface area (Å²) in [7, 11) is 0. The highest BCUT2D eigenvalue weighted by atomic mass is 16.4. The summed E-state index contributed by atoms with van der Waals surface area (Å²) in [6.07, 6.45) is 5.81. The maximum Gasteiger partial charge on any atom is 0.326 e. The van der Waals surface area contributed by atoms with Crippen LogP contribution in [0.3, 0.4) is 0 Å². The molecule has 1 aliphatic heterocycles. The number of likely N-dealkylation sites (tertiary alicyclic amines) is 1. The molecule has 15 heteroatoms. The molecule has 0 saturated carbocycles. The van der Waals surface area contributed by atoms with Gasteiger partial charge in [-0.2, -0.15) is 0 Å². The van der Waals surface area contributed by atoms with Crippen LogP contribution in [0.25, 0.3) is 0 Å². The van der Waals surface area contributed by atoms with Gasteiger partial charge in [0.15, 0.2) is 0 Å². The molecule has 4 unspecified atom stereocenters. The Hall–Kier alpha value is -4.27. The van der Waals surface area contributed by atoms with Crippen molar-refractivity contribution in [2.45, 2.75) is 56.3 Å². The fraction of sp³-hybridized carbons (Fsp3) is 0.476. The second-order valence-electron chi connectivity index (χ2n) is 8.42. The number of H-pyrrole nitrogens is 2. The Morgan fingerprint density at radius 1 is 1.00 bits per heavy atom. The number of aliphatic carboxylic acids is 2. The summed E-state index contributed by atoms with van der Waals surface area (Å²) in [6, 6.07) is -4.80. The Bertz CT molecular complexity index is 1070. The van der Waals surface area contributed by atoms with E-state index in [1.165, 1.54) is 29.9 Å². The van der Waals surface area contributed by atoms with Gasteiger partial charge in [-0.3, -0.25) is 19.2 Å². The number of hydrogen-bond acceptors (Lipinski definition) is 8. The first kappa shape index (κ1) is 26.3. The second-order valence-corrected chi connectivity index (χ2v) is 8.42. The van der Waals surface area contributed by atoms with Crippen molar-refractivity contribution < 1.29 is 34.2 Å². The number of carbonyl (C=O) groups excluding carboxylic acids is 3. The van der Waals surface area contributed by atoms with Crippen molar-refractivity contribution in [2.75, 3.05) is 6.54 Å². The smallest absolute Gasteiger partial charge is 0.326 e. The minimum absolute atomic E-state index is 0.00331. The van der Waals surface area contributed by atoms with E-state index in [0.717, 1.165) is 0 Å². The number of nitrogens with two attached hydrogens (primary N) is 1. The molecule has 8 N–H and O–H groups in total. The number of nitrogens with zero attached hydrogens (tertiary/aromatic N) is 3. The highest BCUT2D eigenvalue weighted by Crippen LogP contribution is 2.19. The van der Waals surface area contributed by atoms with Gasteiger partial charge < -0.3 is 41.4 Å². The van der Waals surface area contributed by atoms with Gasteiger partial charge in [0.1, 0.15) is 18.1 Å². The van der Waals surface area contributed by atoms with E-state index in [9.17, 15) is 29.1 Å². The van der Waals surface area contributed by atoms with Crippen molar-refractivity contribution in [2.24, 2.45) is 5.73 Å². The molecule has 3 amide bonds. The zero-order valence-corrected chi connectivity index (χ0v) is 19.2. The topological polar surface area (TPSA) is 236 Å². The molecule has 0 radical (unpaired) electrons. The van der Waals surface area contributed by atoms with Crippen LogP contribution in [0.2, 0.25) is 0 Å². The van der Waals surface area contributed by atoms with Crippen molar-refractivity contribution in [3.8, 4) is 0 Å². The largest absolute Gasteiger partial charge is 0.481 e. The fourth-order valence-corrected chi connectivity index (χ4v) is 3.96. The van der Waals surface area contributed by atoms with E-state index in [-0.39, 0.29) is 19.4 Å². The van der Waals surface area contributed by atoms with Crippen LogP contribution in [0.1, 0.15) is 30.7 Å². The molecule has 15 nitrogen and oxygen atoms in total. The summed E-state index contributed by atoms with van der Waals surface area (Å²) in [5.74, 6) is -4.61. The number of carboxylic acid groups (broad SMARTS) is 2. The van der Waals surface area contributed by atoms with E-state index in [2.05, 4.69) is 30.6 Å². The molecule has 0 aliphatic carbocycles. The van der Waals surface area contributed by atoms with Gasteiger partial charge in [-0.25, -0.2) is 14.8 Å². The van der Waals surface area contributed by atoms with Crippen LogP contribution in [0, 0.1) is 0 Å². The monoisotopic (exact) mass is 504 g/mol. The fourth-order valence-electron chi connectivity index (χ4n) is 3.96. The van der Waals surface area contributed by atoms with Gasteiger partial charge in [-0.1, -0.05) is 0 Å². The lowest BCUT2D eigenvalue weighted by molar-refractivity contribution is -0.149. The summed E-state index contributed by atoms with van der Waals surface area (Å²) in [4.78, 5) is 76.3. The number of hydrogen-bond donors (Lipinski definition) is 7. The second kappa shape index (κ2) is 11.9. The summed E-state index contributed by atoms with van der Waals surface area (Å²) in [5.41, 5.74) is 6.65. The van der Waals surface area contributed by atoms with Crippen molar-refractivity contribution in [1.82, 2.24) is 35.5 Å². The Morgan fingerprint density at radius 3 is 2.11 bits per heavy atom. The third-order valence-corrected chi connectivity index (χ3v) is 5.76. The maximum absolute atomic E-state index is 13.3.